The monoisotopic (exact) mass is 337 g/mol. The van der Waals surface area contributed by atoms with Crippen molar-refractivity contribution in [3.05, 3.63) is 53.2 Å². The summed E-state index contributed by atoms with van der Waals surface area (Å²) in [6, 6.07) is 13.1. The Bertz CT molecular complexity index is 982. The third kappa shape index (κ3) is 2.57. The van der Waals surface area contributed by atoms with Crippen molar-refractivity contribution in [2.75, 3.05) is 18.5 Å². The highest BCUT2D eigenvalue weighted by Crippen LogP contribution is 2.36. The SMILES string of the molecule is N#Cc1cnc2ccc(Cl)cc2c1Nc1ccc2c(c1)OCCO2. The van der Waals surface area contributed by atoms with Crippen LogP contribution in [0.25, 0.3) is 10.9 Å². The van der Waals surface area contributed by atoms with Crippen LogP contribution >= 0.6 is 11.6 Å². The van der Waals surface area contributed by atoms with Crippen LogP contribution in [0.4, 0.5) is 11.4 Å². The molecule has 0 saturated carbocycles. The highest BCUT2D eigenvalue weighted by Gasteiger charge is 2.14. The van der Waals surface area contributed by atoms with E-state index in [4.69, 9.17) is 21.1 Å². The van der Waals surface area contributed by atoms with Crippen LogP contribution in [0, 0.1) is 11.3 Å². The summed E-state index contributed by atoms with van der Waals surface area (Å²) < 4.78 is 11.1. The summed E-state index contributed by atoms with van der Waals surface area (Å²) >= 11 is 6.11. The smallest absolute Gasteiger partial charge is 0.163 e. The van der Waals surface area contributed by atoms with Gasteiger partial charge in [-0.25, -0.2) is 0 Å². The van der Waals surface area contributed by atoms with Crippen molar-refractivity contribution in [1.82, 2.24) is 4.98 Å². The third-order valence-electron chi connectivity index (χ3n) is 3.76. The van der Waals surface area contributed by atoms with Crippen molar-refractivity contribution in [2.45, 2.75) is 0 Å². The molecule has 118 valence electrons. The minimum Gasteiger partial charge on any atom is -0.486 e. The quantitative estimate of drug-likeness (QED) is 0.756. The lowest BCUT2D eigenvalue weighted by molar-refractivity contribution is 0.171. The van der Waals surface area contributed by atoms with Gasteiger partial charge in [-0.1, -0.05) is 11.6 Å². The Hall–Kier alpha value is -2.97. The van der Waals surface area contributed by atoms with Gasteiger partial charge < -0.3 is 14.8 Å². The van der Waals surface area contributed by atoms with Gasteiger partial charge in [0.1, 0.15) is 19.3 Å². The van der Waals surface area contributed by atoms with Crippen molar-refractivity contribution < 1.29 is 9.47 Å². The fourth-order valence-electron chi connectivity index (χ4n) is 2.65. The zero-order valence-corrected chi connectivity index (χ0v) is 13.3. The van der Waals surface area contributed by atoms with Crippen LogP contribution in [0.2, 0.25) is 5.02 Å². The summed E-state index contributed by atoms with van der Waals surface area (Å²) in [4.78, 5) is 4.30. The summed E-state index contributed by atoms with van der Waals surface area (Å²) in [5, 5.41) is 14.1. The Labute approximate surface area is 143 Å². The van der Waals surface area contributed by atoms with Gasteiger partial charge in [-0.05, 0) is 30.3 Å². The standard InChI is InChI=1S/C18H12ClN3O2/c19-12-1-3-15-14(7-12)18(11(9-20)10-21-15)22-13-2-4-16-17(8-13)24-6-5-23-16/h1-4,7-8,10H,5-6H2,(H,21,22). The van der Waals surface area contributed by atoms with Gasteiger partial charge in [0.25, 0.3) is 0 Å². The number of halogens is 1. The van der Waals surface area contributed by atoms with E-state index in [-0.39, 0.29) is 0 Å². The Kier molecular flexibility index (Phi) is 3.60. The first-order chi connectivity index (χ1) is 11.7. The van der Waals surface area contributed by atoms with E-state index in [2.05, 4.69) is 16.4 Å². The van der Waals surface area contributed by atoms with Gasteiger partial charge >= 0.3 is 0 Å². The van der Waals surface area contributed by atoms with E-state index in [1.54, 1.807) is 18.3 Å². The first-order valence-electron chi connectivity index (χ1n) is 7.39. The highest BCUT2D eigenvalue weighted by molar-refractivity contribution is 6.31. The number of ether oxygens (including phenoxy) is 2. The largest absolute Gasteiger partial charge is 0.486 e. The van der Waals surface area contributed by atoms with E-state index >= 15 is 0 Å². The molecular formula is C18H12ClN3O2. The lowest BCUT2D eigenvalue weighted by Gasteiger charge is -2.19. The molecule has 4 rings (SSSR count). The zero-order valence-electron chi connectivity index (χ0n) is 12.5. The number of nitrogens with zero attached hydrogens (tertiary/aromatic N) is 2. The number of benzene rings is 2. The van der Waals surface area contributed by atoms with Crippen molar-refractivity contribution in [2.24, 2.45) is 0 Å². The normalized spacial score (nSPS) is 12.7. The number of aromatic nitrogens is 1. The lowest BCUT2D eigenvalue weighted by atomic mass is 10.1. The van der Waals surface area contributed by atoms with Crippen LogP contribution in [0.5, 0.6) is 11.5 Å². The molecule has 0 aliphatic carbocycles. The number of rotatable bonds is 2. The van der Waals surface area contributed by atoms with Gasteiger partial charge in [0.2, 0.25) is 0 Å². The maximum atomic E-state index is 9.41. The molecule has 0 amide bonds. The van der Waals surface area contributed by atoms with Crippen molar-refractivity contribution >= 4 is 33.9 Å². The number of nitriles is 1. The van der Waals surface area contributed by atoms with Crippen LogP contribution < -0.4 is 14.8 Å². The fraction of sp³-hybridized carbons (Fsp3) is 0.111. The molecule has 0 spiro atoms. The maximum absolute atomic E-state index is 9.41. The van der Waals surface area contributed by atoms with Crippen LogP contribution in [0.15, 0.2) is 42.6 Å². The maximum Gasteiger partial charge on any atom is 0.163 e. The number of hydrogen-bond acceptors (Lipinski definition) is 5. The summed E-state index contributed by atoms with van der Waals surface area (Å²) in [7, 11) is 0. The molecule has 0 radical (unpaired) electrons. The fourth-order valence-corrected chi connectivity index (χ4v) is 2.82. The molecule has 1 aromatic heterocycles. The van der Waals surface area contributed by atoms with Gasteiger partial charge in [0, 0.05) is 28.4 Å². The van der Waals surface area contributed by atoms with Crippen molar-refractivity contribution in [3.63, 3.8) is 0 Å². The number of nitrogens with one attached hydrogen (secondary N) is 1. The Morgan fingerprint density at radius 1 is 1.08 bits per heavy atom. The molecule has 0 atom stereocenters. The molecule has 24 heavy (non-hydrogen) atoms. The summed E-state index contributed by atoms with van der Waals surface area (Å²) in [6.07, 6.45) is 1.55. The van der Waals surface area contributed by atoms with E-state index in [1.165, 1.54) is 0 Å². The summed E-state index contributed by atoms with van der Waals surface area (Å²) in [5.74, 6) is 1.40. The van der Waals surface area contributed by atoms with Gasteiger partial charge in [0.15, 0.2) is 11.5 Å². The van der Waals surface area contributed by atoms with Crippen molar-refractivity contribution in [3.8, 4) is 17.6 Å². The molecule has 1 N–H and O–H groups in total. The second kappa shape index (κ2) is 5.91. The van der Waals surface area contributed by atoms with E-state index in [0.29, 0.717) is 35.2 Å². The molecule has 3 aromatic rings. The van der Waals surface area contributed by atoms with Crippen LogP contribution in [-0.4, -0.2) is 18.2 Å². The van der Waals surface area contributed by atoms with E-state index < -0.39 is 0 Å². The first-order valence-corrected chi connectivity index (χ1v) is 7.77. The Morgan fingerprint density at radius 2 is 1.92 bits per heavy atom. The molecule has 0 unspecified atom stereocenters. The molecule has 2 aromatic carbocycles. The first kappa shape index (κ1) is 14.6. The van der Waals surface area contributed by atoms with E-state index in [0.717, 1.165) is 22.3 Å². The summed E-state index contributed by atoms with van der Waals surface area (Å²) in [5.41, 5.74) is 2.67. The molecule has 6 heteroatoms. The molecule has 0 saturated heterocycles. The number of anilines is 2. The van der Waals surface area contributed by atoms with Gasteiger partial charge in [-0.2, -0.15) is 5.26 Å². The zero-order chi connectivity index (χ0) is 16.5. The van der Waals surface area contributed by atoms with E-state index in [1.807, 2.05) is 24.3 Å². The molecule has 1 aliphatic rings. The van der Waals surface area contributed by atoms with Gasteiger partial charge in [-0.3, -0.25) is 4.98 Å². The molecule has 2 heterocycles. The predicted molar refractivity (Wildman–Crippen MR) is 92.2 cm³/mol. The number of fused-ring (bicyclic) bond motifs is 2. The highest BCUT2D eigenvalue weighted by atomic mass is 35.5. The van der Waals surface area contributed by atoms with Crippen LogP contribution in [0.1, 0.15) is 5.56 Å². The molecular weight excluding hydrogens is 326 g/mol. The number of hydrogen-bond donors (Lipinski definition) is 1. The molecule has 5 nitrogen and oxygen atoms in total. The second-order valence-electron chi connectivity index (χ2n) is 5.30. The number of pyridine rings is 1. The molecule has 0 bridgehead atoms. The Balaban J connectivity index is 1.81. The van der Waals surface area contributed by atoms with Gasteiger partial charge in [-0.15, -0.1) is 0 Å². The molecule has 0 fully saturated rings. The topological polar surface area (TPSA) is 67.2 Å². The van der Waals surface area contributed by atoms with Crippen LogP contribution in [-0.2, 0) is 0 Å². The Morgan fingerprint density at radius 3 is 2.75 bits per heavy atom. The molecule has 1 aliphatic heterocycles. The average molecular weight is 338 g/mol. The predicted octanol–water partition coefficient (Wildman–Crippen LogP) is 4.27. The average Bonchev–Trinajstić information content (AvgIpc) is 2.62. The lowest BCUT2D eigenvalue weighted by Crippen LogP contribution is -2.15. The second-order valence-corrected chi connectivity index (χ2v) is 5.74. The van der Waals surface area contributed by atoms with Crippen molar-refractivity contribution in [1.29, 1.82) is 5.26 Å². The third-order valence-corrected chi connectivity index (χ3v) is 4.00. The summed E-state index contributed by atoms with van der Waals surface area (Å²) in [6.45, 7) is 1.07. The minimum atomic E-state index is 0.444. The minimum absolute atomic E-state index is 0.444. The van der Waals surface area contributed by atoms with Gasteiger partial charge in [0.05, 0.1) is 16.8 Å². The van der Waals surface area contributed by atoms with Crippen LogP contribution in [0.3, 0.4) is 0 Å². The van der Waals surface area contributed by atoms with E-state index in [9.17, 15) is 5.26 Å².